The Morgan fingerprint density at radius 3 is 1.94 bits per heavy atom. The summed E-state index contributed by atoms with van der Waals surface area (Å²) in [4.78, 5) is 23.4. The highest BCUT2D eigenvalue weighted by Gasteiger charge is 2.25. The van der Waals surface area contributed by atoms with E-state index in [1.807, 2.05) is 19.6 Å². The summed E-state index contributed by atoms with van der Waals surface area (Å²) in [5.41, 5.74) is 1.16. The zero-order chi connectivity index (χ0) is 13.1. The fourth-order valence-corrected chi connectivity index (χ4v) is 2.44. The molecule has 0 saturated carbocycles. The van der Waals surface area contributed by atoms with E-state index in [-0.39, 0.29) is 11.4 Å². The molecule has 0 aliphatic rings. The molecule has 0 aliphatic carbocycles. The lowest BCUT2D eigenvalue weighted by atomic mass is 10.1. The smallest absolute Gasteiger partial charge is 0.338 e. The highest BCUT2D eigenvalue weighted by Crippen LogP contribution is 2.13. The van der Waals surface area contributed by atoms with Crippen LogP contribution in [0.15, 0.2) is 24.3 Å². The molecule has 0 aromatic heterocycles. The molecule has 0 spiro atoms. The number of hydrogen-bond acceptors (Lipinski definition) is 3. The quantitative estimate of drug-likeness (QED) is 0.609. The molecule has 0 fully saturated rings. The van der Waals surface area contributed by atoms with Gasteiger partial charge in [0.2, 0.25) is 0 Å². The van der Waals surface area contributed by atoms with E-state index >= 15 is 0 Å². The first kappa shape index (κ1) is 13.6. The number of hydrogen-bond donors (Lipinski definition) is 0. The van der Waals surface area contributed by atoms with Gasteiger partial charge in [-0.1, -0.05) is 31.8 Å². The van der Waals surface area contributed by atoms with Crippen molar-refractivity contribution in [3.63, 3.8) is 0 Å². The lowest BCUT2D eigenvalue weighted by Crippen LogP contribution is -2.33. The number of benzene rings is 1. The largest absolute Gasteiger partial charge is 0.462 e. The Morgan fingerprint density at radius 1 is 1.06 bits per heavy atom. The van der Waals surface area contributed by atoms with Crippen molar-refractivity contribution in [2.75, 3.05) is 6.61 Å². The Balaban J connectivity index is 2.89. The summed E-state index contributed by atoms with van der Waals surface area (Å²) in [6.45, 7) is 8.15. The third-order valence-electron chi connectivity index (χ3n) is 2.34. The van der Waals surface area contributed by atoms with Crippen molar-refractivity contribution in [1.29, 1.82) is 0 Å². The van der Waals surface area contributed by atoms with Gasteiger partial charge in [0.25, 0.3) is 0 Å². The average Bonchev–Trinajstić information content (AvgIpc) is 2.27. The summed E-state index contributed by atoms with van der Waals surface area (Å²) < 4.78 is 4.88. The van der Waals surface area contributed by atoms with E-state index in [2.05, 4.69) is 0 Å². The molecule has 0 radical (unpaired) electrons. The SMILES string of the molecule is CCOC(=O)c1ccc(C(=O)[Si](C)(C)C)cc1. The van der Waals surface area contributed by atoms with Crippen LogP contribution in [0.2, 0.25) is 19.6 Å². The molecule has 0 aliphatic heterocycles. The van der Waals surface area contributed by atoms with Crippen LogP contribution in [0.3, 0.4) is 0 Å². The maximum Gasteiger partial charge on any atom is 0.338 e. The van der Waals surface area contributed by atoms with Crippen molar-refractivity contribution >= 4 is 19.4 Å². The highest BCUT2D eigenvalue weighted by molar-refractivity contribution is 7.05. The van der Waals surface area contributed by atoms with E-state index in [4.69, 9.17) is 4.74 Å². The third kappa shape index (κ3) is 3.52. The summed E-state index contributed by atoms with van der Waals surface area (Å²) in [5, 5.41) is 0.202. The Bertz CT molecular complexity index is 415. The molecule has 4 heteroatoms. The predicted molar refractivity (Wildman–Crippen MR) is 70.1 cm³/mol. The summed E-state index contributed by atoms with van der Waals surface area (Å²) in [6.07, 6.45) is 0. The number of esters is 1. The van der Waals surface area contributed by atoms with Gasteiger partial charge in [0.05, 0.1) is 12.2 Å². The minimum absolute atomic E-state index is 0.202. The lowest BCUT2D eigenvalue weighted by Gasteiger charge is -2.14. The van der Waals surface area contributed by atoms with Crippen LogP contribution in [0, 0.1) is 0 Å². The lowest BCUT2D eigenvalue weighted by molar-refractivity contribution is 0.0526. The maximum absolute atomic E-state index is 12.0. The Morgan fingerprint density at radius 2 is 1.53 bits per heavy atom. The monoisotopic (exact) mass is 250 g/mol. The third-order valence-corrected chi connectivity index (χ3v) is 3.99. The minimum atomic E-state index is -1.82. The molecule has 1 rings (SSSR count). The van der Waals surface area contributed by atoms with Gasteiger partial charge in [-0.2, -0.15) is 0 Å². The van der Waals surface area contributed by atoms with Crippen LogP contribution in [0.4, 0.5) is 0 Å². The van der Waals surface area contributed by atoms with E-state index in [9.17, 15) is 9.59 Å². The Hall–Kier alpha value is -1.42. The number of ether oxygens (including phenoxy) is 1. The summed E-state index contributed by atoms with van der Waals surface area (Å²) in [7, 11) is -1.82. The summed E-state index contributed by atoms with van der Waals surface area (Å²) >= 11 is 0. The van der Waals surface area contributed by atoms with Crippen LogP contribution in [-0.4, -0.2) is 26.1 Å². The molecule has 0 unspecified atom stereocenters. The standard InChI is InChI=1S/C13H18O3Si/c1-5-16-12(14)10-6-8-11(9-7-10)13(15)17(2,3)4/h6-9H,5H2,1-4H3. The van der Waals surface area contributed by atoms with Crippen molar-refractivity contribution in [3.05, 3.63) is 35.4 Å². The van der Waals surface area contributed by atoms with Crippen LogP contribution in [-0.2, 0) is 4.74 Å². The van der Waals surface area contributed by atoms with E-state index in [0.717, 1.165) is 0 Å². The van der Waals surface area contributed by atoms with Gasteiger partial charge in [-0.3, -0.25) is 0 Å². The van der Waals surface area contributed by atoms with Crippen molar-refractivity contribution < 1.29 is 14.3 Å². The van der Waals surface area contributed by atoms with Gasteiger partial charge in [-0.15, -0.1) is 0 Å². The molecule has 0 amide bonds. The molecule has 1 aromatic carbocycles. The molecule has 0 saturated heterocycles. The highest BCUT2D eigenvalue weighted by atomic mass is 28.3. The number of rotatable bonds is 4. The summed E-state index contributed by atoms with van der Waals surface area (Å²) in [6, 6.07) is 6.69. The van der Waals surface area contributed by atoms with E-state index in [1.165, 1.54) is 0 Å². The van der Waals surface area contributed by atoms with Crippen LogP contribution in [0.25, 0.3) is 0 Å². The van der Waals surface area contributed by atoms with Crippen molar-refractivity contribution in [2.24, 2.45) is 0 Å². The second-order valence-corrected chi connectivity index (χ2v) is 9.83. The first-order valence-electron chi connectivity index (χ1n) is 5.68. The van der Waals surface area contributed by atoms with Crippen LogP contribution < -0.4 is 0 Å². The van der Waals surface area contributed by atoms with Gasteiger partial charge in [0.15, 0.2) is 0 Å². The molecular formula is C13H18O3Si. The Labute approximate surface area is 103 Å². The topological polar surface area (TPSA) is 43.4 Å². The van der Waals surface area contributed by atoms with Gasteiger partial charge >= 0.3 is 5.97 Å². The zero-order valence-corrected chi connectivity index (χ0v) is 11.7. The number of carbonyl (C=O) groups excluding carboxylic acids is 2. The van der Waals surface area contributed by atoms with Crippen LogP contribution in [0.5, 0.6) is 0 Å². The molecule has 3 nitrogen and oxygen atoms in total. The van der Waals surface area contributed by atoms with E-state index in [0.29, 0.717) is 17.7 Å². The minimum Gasteiger partial charge on any atom is -0.462 e. The van der Waals surface area contributed by atoms with Gasteiger partial charge in [0, 0.05) is 5.56 Å². The second kappa shape index (κ2) is 5.27. The number of carbonyl (C=O) groups is 2. The van der Waals surface area contributed by atoms with Crippen LogP contribution in [0.1, 0.15) is 27.6 Å². The predicted octanol–water partition coefficient (Wildman–Crippen LogP) is 2.92. The van der Waals surface area contributed by atoms with E-state index < -0.39 is 8.07 Å². The molecule has 0 bridgehead atoms. The normalized spacial score (nSPS) is 11.1. The van der Waals surface area contributed by atoms with Gasteiger partial charge in [-0.05, 0) is 19.1 Å². The summed E-state index contributed by atoms with van der Waals surface area (Å²) in [5.74, 6) is -0.348. The van der Waals surface area contributed by atoms with Gasteiger partial charge in [0.1, 0.15) is 13.5 Å². The fraction of sp³-hybridized carbons (Fsp3) is 0.385. The molecular weight excluding hydrogens is 232 g/mol. The zero-order valence-electron chi connectivity index (χ0n) is 10.7. The molecule has 1 aromatic rings. The molecule has 92 valence electrons. The second-order valence-electron chi connectivity index (χ2n) is 4.88. The van der Waals surface area contributed by atoms with E-state index in [1.54, 1.807) is 31.2 Å². The van der Waals surface area contributed by atoms with Crippen molar-refractivity contribution in [1.82, 2.24) is 0 Å². The van der Waals surface area contributed by atoms with Crippen molar-refractivity contribution in [2.45, 2.75) is 26.6 Å². The fourth-order valence-electron chi connectivity index (χ4n) is 1.41. The van der Waals surface area contributed by atoms with Crippen LogP contribution >= 0.6 is 0 Å². The molecule has 17 heavy (non-hydrogen) atoms. The molecule has 0 heterocycles. The van der Waals surface area contributed by atoms with Gasteiger partial charge < -0.3 is 9.53 Å². The van der Waals surface area contributed by atoms with Crippen molar-refractivity contribution in [3.8, 4) is 0 Å². The molecule has 0 N–H and O–H groups in total. The molecule has 0 atom stereocenters. The Kier molecular flexibility index (Phi) is 4.23. The van der Waals surface area contributed by atoms with Gasteiger partial charge in [-0.25, -0.2) is 4.79 Å². The first-order valence-corrected chi connectivity index (χ1v) is 9.18. The first-order chi connectivity index (χ1) is 7.86. The maximum atomic E-state index is 12.0. The average molecular weight is 250 g/mol.